The molecule has 0 aromatic carbocycles. The number of alkyl halides is 1. The SMILES string of the molecule is C=CC(=O)NC(=N)C(C)(C)CC(C)Br. The molecule has 0 bridgehead atoms. The van der Waals surface area contributed by atoms with Gasteiger partial charge in [0.1, 0.15) is 5.84 Å². The number of carbonyl (C=O) groups excluding carboxylic acids is 1. The molecule has 80 valence electrons. The Balaban J connectivity index is 4.35. The van der Waals surface area contributed by atoms with Crippen LogP contribution >= 0.6 is 15.9 Å². The molecule has 1 amide bonds. The van der Waals surface area contributed by atoms with Crippen molar-refractivity contribution in [1.29, 1.82) is 5.41 Å². The predicted molar refractivity (Wildman–Crippen MR) is 62.9 cm³/mol. The molecule has 0 aromatic rings. The monoisotopic (exact) mass is 260 g/mol. The van der Waals surface area contributed by atoms with Gasteiger partial charge in [-0.2, -0.15) is 0 Å². The van der Waals surface area contributed by atoms with Crippen molar-refractivity contribution in [2.75, 3.05) is 0 Å². The van der Waals surface area contributed by atoms with E-state index in [1.807, 2.05) is 20.8 Å². The Morgan fingerprint density at radius 3 is 2.57 bits per heavy atom. The molecule has 0 heterocycles. The Bertz CT molecular complexity index is 247. The number of halogens is 1. The maximum atomic E-state index is 11.0. The van der Waals surface area contributed by atoms with E-state index >= 15 is 0 Å². The zero-order chi connectivity index (χ0) is 11.4. The lowest BCUT2D eigenvalue weighted by atomic mass is 9.86. The number of carbonyl (C=O) groups is 1. The predicted octanol–water partition coefficient (Wildman–Crippen LogP) is 2.47. The molecule has 0 saturated heterocycles. The van der Waals surface area contributed by atoms with E-state index in [0.717, 1.165) is 6.42 Å². The summed E-state index contributed by atoms with van der Waals surface area (Å²) in [5.74, 6) is -0.0981. The molecule has 0 aliphatic rings. The van der Waals surface area contributed by atoms with Crippen LogP contribution in [-0.2, 0) is 4.79 Å². The van der Waals surface area contributed by atoms with Crippen LogP contribution in [0.15, 0.2) is 12.7 Å². The Morgan fingerprint density at radius 1 is 1.71 bits per heavy atom. The highest BCUT2D eigenvalue weighted by atomic mass is 79.9. The van der Waals surface area contributed by atoms with Crippen LogP contribution in [0.25, 0.3) is 0 Å². The fourth-order valence-corrected chi connectivity index (χ4v) is 1.96. The quantitative estimate of drug-likeness (QED) is 0.347. The standard InChI is InChI=1S/C10H17BrN2O/c1-5-8(14)13-9(12)10(3,4)6-7(2)11/h5,7H,1,6H2,2-4H3,(H2,12,13,14). The molecule has 0 fully saturated rings. The average molecular weight is 261 g/mol. The third-order valence-corrected chi connectivity index (χ3v) is 2.23. The summed E-state index contributed by atoms with van der Waals surface area (Å²) in [6, 6.07) is 0. The van der Waals surface area contributed by atoms with Crippen molar-refractivity contribution >= 4 is 27.7 Å². The van der Waals surface area contributed by atoms with Gasteiger partial charge >= 0.3 is 0 Å². The van der Waals surface area contributed by atoms with Gasteiger partial charge in [0.15, 0.2) is 0 Å². The minimum absolute atomic E-state index is 0.230. The number of hydrogen-bond donors (Lipinski definition) is 2. The van der Waals surface area contributed by atoms with Gasteiger partial charge in [-0.05, 0) is 12.5 Å². The maximum Gasteiger partial charge on any atom is 0.248 e. The molecule has 0 saturated carbocycles. The fraction of sp³-hybridized carbons (Fsp3) is 0.600. The number of amides is 1. The molecule has 3 nitrogen and oxygen atoms in total. The van der Waals surface area contributed by atoms with Crippen molar-refractivity contribution in [2.24, 2.45) is 5.41 Å². The van der Waals surface area contributed by atoms with Crippen molar-refractivity contribution in [3.05, 3.63) is 12.7 Å². The zero-order valence-electron chi connectivity index (χ0n) is 8.86. The van der Waals surface area contributed by atoms with Crippen LogP contribution in [0.4, 0.5) is 0 Å². The lowest BCUT2D eigenvalue weighted by Crippen LogP contribution is -2.40. The van der Waals surface area contributed by atoms with Gasteiger partial charge in [-0.15, -0.1) is 0 Å². The molecule has 0 aromatic heterocycles. The van der Waals surface area contributed by atoms with Gasteiger partial charge in [0.25, 0.3) is 0 Å². The van der Waals surface area contributed by atoms with Crippen molar-refractivity contribution in [2.45, 2.75) is 32.0 Å². The highest BCUT2D eigenvalue weighted by Gasteiger charge is 2.26. The smallest absolute Gasteiger partial charge is 0.248 e. The number of rotatable bonds is 4. The number of amidine groups is 1. The molecule has 4 heteroatoms. The van der Waals surface area contributed by atoms with E-state index in [2.05, 4.69) is 27.8 Å². The third-order valence-electron chi connectivity index (χ3n) is 1.90. The van der Waals surface area contributed by atoms with Crippen LogP contribution in [-0.4, -0.2) is 16.6 Å². The lowest BCUT2D eigenvalue weighted by Gasteiger charge is -2.26. The van der Waals surface area contributed by atoms with E-state index in [-0.39, 0.29) is 17.2 Å². The third kappa shape index (κ3) is 4.56. The van der Waals surface area contributed by atoms with Crippen LogP contribution in [0.3, 0.4) is 0 Å². The van der Waals surface area contributed by atoms with Crippen LogP contribution in [0.5, 0.6) is 0 Å². The highest BCUT2D eigenvalue weighted by molar-refractivity contribution is 9.09. The van der Waals surface area contributed by atoms with E-state index in [4.69, 9.17) is 5.41 Å². The lowest BCUT2D eigenvalue weighted by molar-refractivity contribution is -0.115. The molecule has 0 aliphatic heterocycles. The van der Waals surface area contributed by atoms with Gasteiger partial charge in [-0.3, -0.25) is 10.2 Å². The summed E-state index contributed by atoms with van der Waals surface area (Å²) in [7, 11) is 0. The Labute approximate surface area is 93.6 Å². The summed E-state index contributed by atoms with van der Waals surface area (Å²) in [6.45, 7) is 9.21. The van der Waals surface area contributed by atoms with E-state index in [1.54, 1.807) is 0 Å². The van der Waals surface area contributed by atoms with E-state index in [0.29, 0.717) is 4.83 Å². The second-order valence-electron chi connectivity index (χ2n) is 3.94. The summed E-state index contributed by atoms with van der Waals surface area (Å²) in [6.07, 6.45) is 1.96. The molecular formula is C10H17BrN2O. The van der Waals surface area contributed by atoms with E-state index in [9.17, 15) is 4.79 Å². The van der Waals surface area contributed by atoms with E-state index < -0.39 is 0 Å². The largest absolute Gasteiger partial charge is 0.311 e. The van der Waals surface area contributed by atoms with Crippen LogP contribution in [0.1, 0.15) is 27.2 Å². The van der Waals surface area contributed by atoms with E-state index in [1.165, 1.54) is 6.08 Å². The molecule has 1 atom stereocenters. The van der Waals surface area contributed by atoms with Crippen LogP contribution in [0, 0.1) is 10.8 Å². The van der Waals surface area contributed by atoms with Crippen molar-refractivity contribution < 1.29 is 4.79 Å². The first-order valence-corrected chi connectivity index (χ1v) is 5.37. The molecule has 2 N–H and O–H groups in total. The van der Waals surface area contributed by atoms with Gasteiger partial charge in [0, 0.05) is 10.2 Å². The summed E-state index contributed by atoms with van der Waals surface area (Å²) in [5.41, 5.74) is -0.332. The van der Waals surface area contributed by atoms with Gasteiger partial charge in [0.05, 0.1) is 0 Å². The maximum absolute atomic E-state index is 11.0. The van der Waals surface area contributed by atoms with Crippen LogP contribution in [0.2, 0.25) is 0 Å². The molecular weight excluding hydrogens is 244 g/mol. The van der Waals surface area contributed by atoms with Gasteiger partial charge in [-0.25, -0.2) is 0 Å². The fourth-order valence-electron chi connectivity index (χ4n) is 1.15. The Kier molecular flexibility index (Phi) is 5.05. The minimum atomic E-state index is -0.332. The topological polar surface area (TPSA) is 53.0 Å². The summed E-state index contributed by atoms with van der Waals surface area (Å²) in [4.78, 5) is 11.3. The van der Waals surface area contributed by atoms with Crippen LogP contribution < -0.4 is 5.32 Å². The highest BCUT2D eigenvalue weighted by Crippen LogP contribution is 2.25. The minimum Gasteiger partial charge on any atom is -0.311 e. The van der Waals surface area contributed by atoms with Gasteiger partial charge < -0.3 is 5.32 Å². The summed E-state index contributed by atoms with van der Waals surface area (Å²) >= 11 is 3.43. The van der Waals surface area contributed by atoms with Crippen molar-refractivity contribution in [3.8, 4) is 0 Å². The molecule has 0 radical (unpaired) electrons. The number of hydrogen-bond acceptors (Lipinski definition) is 2. The first-order valence-electron chi connectivity index (χ1n) is 4.46. The normalized spacial score (nSPS) is 13.1. The zero-order valence-corrected chi connectivity index (χ0v) is 10.4. The van der Waals surface area contributed by atoms with Gasteiger partial charge in [-0.1, -0.05) is 43.3 Å². The van der Waals surface area contributed by atoms with Crippen molar-refractivity contribution in [3.63, 3.8) is 0 Å². The van der Waals surface area contributed by atoms with Crippen molar-refractivity contribution in [1.82, 2.24) is 5.32 Å². The average Bonchev–Trinajstić information content (AvgIpc) is 2.01. The summed E-state index contributed by atoms with van der Waals surface area (Å²) in [5, 5.41) is 10.2. The molecule has 0 aliphatic carbocycles. The Morgan fingerprint density at radius 2 is 2.21 bits per heavy atom. The molecule has 0 spiro atoms. The first kappa shape index (κ1) is 13.4. The molecule has 1 unspecified atom stereocenters. The summed E-state index contributed by atoms with van der Waals surface area (Å²) < 4.78 is 0. The van der Waals surface area contributed by atoms with Gasteiger partial charge in [0.2, 0.25) is 5.91 Å². The Hall–Kier alpha value is -0.640. The first-order chi connectivity index (χ1) is 6.29. The molecule has 0 rings (SSSR count). The second-order valence-corrected chi connectivity index (χ2v) is 5.50. The second kappa shape index (κ2) is 5.29. The molecule has 14 heavy (non-hydrogen) atoms. The number of nitrogens with one attached hydrogen (secondary N) is 2.